The van der Waals surface area contributed by atoms with Crippen molar-refractivity contribution >= 4 is 39.8 Å². The standard InChI is InChI=1S/C14H17ClN4S/c15-11-1-2-12-10(7-11)8-13(17-12)9-3-5-19(6-4-9)14(20)18-16/h1-2,7-9,17H,3-6,16H2,(H,18,20)/p+1. The van der Waals surface area contributed by atoms with E-state index in [0.29, 0.717) is 5.92 Å². The second kappa shape index (κ2) is 5.60. The molecule has 20 heavy (non-hydrogen) atoms. The van der Waals surface area contributed by atoms with E-state index in [1.807, 2.05) is 18.2 Å². The van der Waals surface area contributed by atoms with Gasteiger partial charge in [0.1, 0.15) is 0 Å². The van der Waals surface area contributed by atoms with Crippen molar-refractivity contribution in [2.24, 2.45) is 0 Å². The maximum absolute atomic E-state index is 6.04. The Labute approximate surface area is 128 Å². The number of piperidine rings is 1. The first-order valence-electron chi connectivity index (χ1n) is 6.77. The molecule has 0 atom stereocenters. The van der Waals surface area contributed by atoms with Gasteiger partial charge in [-0.15, -0.1) is 0 Å². The fourth-order valence-corrected chi connectivity index (χ4v) is 3.21. The fraction of sp³-hybridized carbons (Fsp3) is 0.357. The number of nitrogens with zero attached hydrogens (tertiary/aromatic N) is 1. The Bertz CT molecular complexity index is 631. The molecule has 0 radical (unpaired) electrons. The van der Waals surface area contributed by atoms with E-state index in [0.717, 1.165) is 41.6 Å². The molecule has 1 aliphatic heterocycles. The van der Waals surface area contributed by atoms with Crippen molar-refractivity contribution in [1.82, 2.24) is 15.3 Å². The number of aromatic amines is 1. The first kappa shape index (κ1) is 13.7. The zero-order chi connectivity index (χ0) is 14.1. The van der Waals surface area contributed by atoms with Gasteiger partial charge in [0.25, 0.3) is 0 Å². The summed E-state index contributed by atoms with van der Waals surface area (Å²) in [6.45, 7) is 1.95. The minimum atomic E-state index is 0.560. The lowest BCUT2D eigenvalue weighted by molar-refractivity contribution is -0.420. The molecule has 2 heterocycles. The van der Waals surface area contributed by atoms with Crippen molar-refractivity contribution in [2.45, 2.75) is 18.8 Å². The smallest absolute Gasteiger partial charge is 0.215 e. The van der Waals surface area contributed by atoms with Gasteiger partial charge in [-0.1, -0.05) is 11.6 Å². The molecule has 0 aliphatic carbocycles. The molecular formula is C14H18ClN4S+. The largest absolute Gasteiger partial charge is 0.358 e. The maximum atomic E-state index is 6.04. The number of benzene rings is 1. The molecule has 0 unspecified atom stereocenters. The molecule has 106 valence electrons. The normalized spacial score (nSPS) is 16.6. The Morgan fingerprint density at radius 1 is 1.35 bits per heavy atom. The second-order valence-corrected chi connectivity index (χ2v) is 6.02. The summed E-state index contributed by atoms with van der Waals surface area (Å²) in [7, 11) is 0. The molecule has 1 fully saturated rings. The number of halogens is 1. The molecule has 0 spiro atoms. The predicted octanol–water partition coefficient (Wildman–Crippen LogP) is 2.03. The third-order valence-electron chi connectivity index (χ3n) is 3.98. The summed E-state index contributed by atoms with van der Waals surface area (Å²) in [5, 5.41) is 2.71. The van der Waals surface area contributed by atoms with E-state index in [1.165, 1.54) is 11.1 Å². The van der Waals surface area contributed by atoms with Crippen molar-refractivity contribution in [2.75, 3.05) is 13.1 Å². The molecule has 1 saturated heterocycles. The zero-order valence-electron chi connectivity index (χ0n) is 11.2. The molecule has 0 amide bonds. The third-order valence-corrected chi connectivity index (χ3v) is 4.61. The number of hydrogen-bond donors (Lipinski definition) is 3. The van der Waals surface area contributed by atoms with E-state index in [1.54, 1.807) is 0 Å². The highest BCUT2D eigenvalue weighted by molar-refractivity contribution is 7.80. The minimum Gasteiger partial charge on any atom is -0.358 e. The first-order chi connectivity index (χ1) is 9.67. The highest BCUT2D eigenvalue weighted by Crippen LogP contribution is 2.30. The lowest BCUT2D eigenvalue weighted by Gasteiger charge is -2.32. The number of rotatable bonds is 1. The van der Waals surface area contributed by atoms with Gasteiger partial charge in [-0.25, -0.2) is 5.43 Å². The molecule has 3 rings (SSSR count). The summed E-state index contributed by atoms with van der Waals surface area (Å²) in [5.41, 5.74) is 5.26. The van der Waals surface area contributed by atoms with Crippen LogP contribution in [0.15, 0.2) is 24.3 Å². The Hall–Kier alpha value is -1.30. The van der Waals surface area contributed by atoms with Gasteiger partial charge in [0.15, 0.2) is 0 Å². The highest BCUT2D eigenvalue weighted by atomic mass is 35.5. The van der Waals surface area contributed by atoms with Crippen LogP contribution in [0.2, 0.25) is 5.02 Å². The van der Waals surface area contributed by atoms with E-state index < -0.39 is 0 Å². The summed E-state index contributed by atoms with van der Waals surface area (Å²) in [6, 6.07) is 8.19. The Morgan fingerprint density at radius 3 is 2.80 bits per heavy atom. The van der Waals surface area contributed by atoms with E-state index >= 15 is 0 Å². The predicted molar refractivity (Wildman–Crippen MR) is 85.5 cm³/mol. The Balaban J connectivity index is 1.75. The maximum Gasteiger partial charge on any atom is 0.215 e. The summed E-state index contributed by atoms with van der Waals surface area (Å²) < 4.78 is 0. The summed E-state index contributed by atoms with van der Waals surface area (Å²) in [5.74, 6) is 4.18. The molecule has 4 nitrogen and oxygen atoms in total. The number of quaternary nitrogens is 1. The number of nitrogens with one attached hydrogen (secondary N) is 2. The Morgan fingerprint density at radius 2 is 2.10 bits per heavy atom. The van der Waals surface area contributed by atoms with Crippen LogP contribution in [0.4, 0.5) is 0 Å². The van der Waals surface area contributed by atoms with E-state index in [2.05, 4.69) is 27.2 Å². The molecule has 0 bridgehead atoms. The fourth-order valence-electron chi connectivity index (χ4n) is 2.85. The number of fused-ring (bicyclic) bond motifs is 1. The van der Waals surface area contributed by atoms with Gasteiger partial charge in [-0.05, 0) is 49.3 Å². The quantitative estimate of drug-likeness (QED) is 0.558. The summed E-state index contributed by atoms with van der Waals surface area (Å²) in [6.07, 6.45) is 2.20. The van der Waals surface area contributed by atoms with Gasteiger partial charge >= 0.3 is 0 Å². The molecular weight excluding hydrogens is 292 g/mol. The van der Waals surface area contributed by atoms with Crippen molar-refractivity contribution < 1.29 is 5.84 Å². The lowest BCUT2D eigenvalue weighted by atomic mass is 9.94. The monoisotopic (exact) mass is 309 g/mol. The van der Waals surface area contributed by atoms with Crippen LogP contribution >= 0.6 is 23.8 Å². The van der Waals surface area contributed by atoms with E-state index in [9.17, 15) is 0 Å². The molecule has 1 aromatic heterocycles. The zero-order valence-corrected chi connectivity index (χ0v) is 12.7. The SMILES string of the molecule is [NH3+]NC(=S)N1CCC(c2cc3cc(Cl)ccc3[nH]2)CC1. The molecule has 5 N–H and O–H groups in total. The summed E-state index contributed by atoms with van der Waals surface area (Å²) >= 11 is 11.3. The topological polar surface area (TPSA) is 58.7 Å². The van der Waals surface area contributed by atoms with Gasteiger partial charge in [-0.3, -0.25) is 5.84 Å². The van der Waals surface area contributed by atoms with Crippen LogP contribution in [-0.2, 0) is 0 Å². The minimum absolute atomic E-state index is 0.560. The van der Waals surface area contributed by atoms with Gasteiger partial charge in [-0.2, -0.15) is 0 Å². The second-order valence-electron chi connectivity index (χ2n) is 5.20. The average molecular weight is 310 g/mol. The average Bonchev–Trinajstić information content (AvgIpc) is 2.89. The van der Waals surface area contributed by atoms with Crippen LogP contribution in [0, 0.1) is 0 Å². The first-order valence-corrected chi connectivity index (χ1v) is 7.56. The van der Waals surface area contributed by atoms with Crippen molar-refractivity contribution in [3.8, 4) is 0 Å². The molecule has 0 saturated carbocycles. The van der Waals surface area contributed by atoms with Gasteiger partial charge in [0.05, 0.1) is 0 Å². The van der Waals surface area contributed by atoms with Crippen LogP contribution in [0.5, 0.6) is 0 Å². The van der Waals surface area contributed by atoms with Gasteiger partial charge in [0, 0.05) is 40.6 Å². The van der Waals surface area contributed by atoms with Crippen LogP contribution in [0.1, 0.15) is 24.5 Å². The molecule has 1 aliphatic rings. The molecule has 1 aromatic carbocycles. The van der Waals surface area contributed by atoms with E-state index in [4.69, 9.17) is 23.8 Å². The summed E-state index contributed by atoms with van der Waals surface area (Å²) in [4.78, 5) is 5.69. The van der Waals surface area contributed by atoms with E-state index in [-0.39, 0.29) is 0 Å². The molecule has 2 aromatic rings. The number of likely N-dealkylation sites (tertiary alicyclic amines) is 1. The molecule has 6 heteroatoms. The van der Waals surface area contributed by atoms with Crippen molar-refractivity contribution in [3.63, 3.8) is 0 Å². The van der Waals surface area contributed by atoms with Crippen LogP contribution in [-0.4, -0.2) is 28.1 Å². The van der Waals surface area contributed by atoms with Crippen molar-refractivity contribution in [3.05, 3.63) is 35.0 Å². The number of thiocarbonyl (C=S) groups is 1. The van der Waals surface area contributed by atoms with Gasteiger partial charge in [0.2, 0.25) is 5.11 Å². The third kappa shape index (κ3) is 2.61. The Kier molecular flexibility index (Phi) is 3.83. The van der Waals surface area contributed by atoms with Crippen LogP contribution in [0.3, 0.4) is 0 Å². The van der Waals surface area contributed by atoms with Crippen LogP contribution in [0.25, 0.3) is 10.9 Å². The number of aromatic nitrogens is 1. The number of H-pyrrole nitrogens is 1. The van der Waals surface area contributed by atoms with Gasteiger partial charge < -0.3 is 9.88 Å². The van der Waals surface area contributed by atoms with Crippen molar-refractivity contribution in [1.29, 1.82) is 0 Å². The highest BCUT2D eigenvalue weighted by Gasteiger charge is 2.23. The number of hydrogen-bond acceptors (Lipinski definition) is 1. The van der Waals surface area contributed by atoms with Crippen LogP contribution < -0.4 is 11.3 Å². The lowest BCUT2D eigenvalue weighted by Crippen LogP contribution is -2.70.